The van der Waals surface area contributed by atoms with E-state index < -0.39 is 39.4 Å². The number of benzene rings is 3. The number of aryl methyl sites for hydroxylation is 1. The van der Waals surface area contributed by atoms with E-state index in [1.165, 1.54) is 12.1 Å². The molecule has 196 valence electrons. The number of ketones is 1. The van der Waals surface area contributed by atoms with Crippen molar-refractivity contribution in [3.05, 3.63) is 106 Å². The first kappa shape index (κ1) is 24.9. The van der Waals surface area contributed by atoms with E-state index in [0.717, 1.165) is 27.2 Å². The number of imide groups is 1. The van der Waals surface area contributed by atoms with Gasteiger partial charge >= 0.3 is 0 Å². The van der Waals surface area contributed by atoms with Crippen molar-refractivity contribution in [2.24, 2.45) is 22.7 Å². The average Bonchev–Trinajstić information content (AvgIpc) is 3.45. The minimum absolute atomic E-state index is 0.0650. The lowest BCUT2D eigenvalue weighted by Gasteiger charge is -2.38. The van der Waals surface area contributed by atoms with Gasteiger partial charge in [-0.05, 0) is 47.6 Å². The minimum Gasteiger partial charge on any atom is -0.298 e. The fourth-order valence-corrected chi connectivity index (χ4v) is 7.64. The summed E-state index contributed by atoms with van der Waals surface area (Å²) in [6.45, 7) is 5.55. The Morgan fingerprint density at radius 2 is 1.23 bits per heavy atom. The van der Waals surface area contributed by atoms with Gasteiger partial charge < -0.3 is 0 Å². The number of fused-ring (bicyclic) bond motifs is 5. The Morgan fingerprint density at radius 1 is 0.769 bits per heavy atom. The smallest absolute Gasteiger partial charge is 0.271 e. The maximum absolute atomic E-state index is 14.7. The third kappa shape index (κ3) is 2.95. The van der Waals surface area contributed by atoms with Crippen molar-refractivity contribution in [1.82, 2.24) is 0 Å². The topological polar surface area (TPSA) is 97.6 Å². The molecule has 2 fully saturated rings. The van der Waals surface area contributed by atoms with Crippen molar-refractivity contribution in [3.63, 3.8) is 0 Å². The van der Waals surface area contributed by atoms with E-state index in [0.29, 0.717) is 18.4 Å². The van der Waals surface area contributed by atoms with Crippen molar-refractivity contribution >= 4 is 40.1 Å². The van der Waals surface area contributed by atoms with Crippen LogP contribution in [0.5, 0.6) is 0 Å². The SMILES string of the molecule is CC[C@]12C(=O)[C@](CC)(C(c3ccccc3)=C1c1ccccc1)[C@H]1C(=O)N(c3cc([N+](=O)[O-])ccc3C)C(=O)[C@H]12. The van der Waals surface area contributed by atoms with Crippen LogP contribution in [0.4, 0.5) is 11.4 Å². The molecule has 0 aromatic heterocycles. The standard InChI is InChI=1S/C32H28N2O5/c1-4-31-24(20-12-8-6-9-13-20)25(21-14-10-7-11-15-21)32(5-2,30(31)37)27-26(31)28(35)33(29(27)36)23-18-22(34(38)39)17-16-19(23)3/h6-18,26-27H,4-5H2,1-3H3/t26-,27+,31-,32+. The number of carbonyl (C=O) groups excluding carboxylic acids is 3. The molecule has 0 N–H and O–H groups in total. The van der Waals surface area contributed by atoms with Gasteiger partial charge in [0, 0.05) is 12.1 Å². The average molecular weight is 521 g/mol. The Bertz CT molecular complexity index is 1510. The number of nitro groups is 1. The molecule has 2 bridgehead atoms. The predicted molar refractivity (Wildman–Crippen MR) is 147 cm³/mol. The minimum atomic E-state index is -1.19. The Morgan fingerprint density at radius 3 is 1.64 bits per heavy atom. The molecular weight excluding hydrogens is 492 g/mol. The molecule has 1 aliphatic heterocycles. The molecule has 4 atom stereocenters. The molecule has 6 rings (SSSR count). The van der Waals surface area contributed by atoms with E-state index in [2.05, 4.69) is 0 Å². The number of anilines is 1. The summed E-state index contributed by atoms with van der Waals surface area (Å²) in [6.07, 6.45) is 0.714. The largest absolute Gasteiger partial charge is 0.298 e. The number of carbonyl (C=O) groups is 3. The van der Waals surface area contributed by atoms with Crippen molar-refractivity contribution in [2.45, 2.75) is 33.6 Å². The molecule has 0 unspecified atom stereocenters. The molecule has 0 radical (unpaired) electrons. The van der Waals surface area contributed by atoms with Crippen LogP contribution < -0.4 is 4.90 Å². The van der Waals surface area contributed by atoms with Gasteiger partial charge in [0.15, 0.2) is 5.78 Å². The van der Waals surface area contributed by atoms with Gasteiger partial charge in [-0.1, -0.05) is 80.6 Å². The third-order valence-electron chi connectivity index (χ3n) is 9.21. The molecule has 39 heavy (non-hydrogen) atoms. The number of hydrogen-bond donors (Lipinski definition) is 0. The van der Waals surface area contributed by atoms with Crippen LogP contribution in [0.1, 0.15) is 43.4 Å². The lowest BCUT2D eigenvalue weighted by molar-refractivity contribution is -0.384. The second kappa shape index (κ2) is 8.56. The van der Waals surface area contributed by atoms with Crippen LogP contribution in [-0.2, 0) is 14.4 Å². The lowest BCUT2D eigenvalue weighted by atomic mass is 9.60. The second-order valence-corrected chi connectivity index (χ2v) is 10.7. The summed E-state index contributed by atoms with van der Waals surface area (Å²) in [6, 6.07) is 23.6. The van der Waals surface area contributed by atoms with E-state index in [-0.39, 0.29) is 17.2 Å². The molecule has 2 amide bonds. The molecule has 0 spiro atoms. The zero-order chi connectivity index (χ0) is 27.7. The number of allylic oxidation sites excluding steroid dienone is 2. The summed E-state index contributed by atoms with van der Waals surface area (Å²) in [4.78, 5) is 55.6. The molecule has 2 aliphatic carbocycles. The quantitative estimate of drug-likeness (QED) is 0.225. The summed E-state index contributed by atoms with van der Waals surface area (Å²) < 4.78 is 0. The van der Waals surface area contributed by atoms with Gasteiger partial charge in [-0.25, -0.2) is 4.90 Å². The summed E-state index contributed by atoms with van der Waals surface area (Å²) in [5, 5.41) is 11.6. The lowest BCUT2D eigenvalue weighted by Crippen LogP contribution is -2.42. The maximum Gasteiger partial charge on any atom is 0.271 e. The highest BCUT2D eigenvalue weighted by Crippen LogP contribution is 2.75. The van der Waals surface area contributed by atoms with Gasteiger partial charge in [-0.2, -0.15) is 0 Å². The molecule has 7 nitrogen and oxygen atoms in total. The zero-order valence-corrected chi connectivity index (χ0v) is 22.0. The van der Waals surface area contributed by atoms with Gasteiger partial charge in [0.2, 0.25) is 11.8 Å². The van der Waals surface area contributed by atoms with E-state index in [1.807, 2.05) is 74.5 Å². The van der Waals surface area contributed by atoms with Crippen molar-refractivity contribution in [1.29, 1.82) is 0 Å². The fraction of sp³-hybridized carbons (Fsp3) is 0.281. The maximum atomic E-state index is 14.7. The van der Waals surface area contributed by atoms with Crippen LogP contribution in [0.15, 0.2) is 78.9 Å². The fourth-order valence-electron chi connectivity index (χ4n) is 7.64. The van der Waals surface area contributed by atoms with Gasteiger partial charge in [0.05, 0.1) is 33.3 Å². The molecule has 1 heterocycles. The van der Waals surface area contributed by atoms with E-state index >= 15 is 0 Å². The monoisotopic (exact) mass is 520 g/mol. The van der Waals surface area contributed by atoms with Crippen LogP contribution in [0, 0.1) is 39.7 Å². The second-order valence-electron chi connectivity index (χ2n) is 10.7. The Labute approximate surface area is 226 Å². The summed E-state index contributed by atoms with van der Waals surface area (Å²) in [7, 11) is 0. The molecule has 1 saturated heterocycles. The number of amides is 2. The summed E-state index contributed by atoms with van der Waals surface area (Å²) in [5.74, 6) is -2.75. The number of nitro benzene ring substituents is 1. The highest BCUT2D eigenvalue weighted by Gasteiger charge is 2.80. The third-order valence-corrected chi connectivity index (χ3v) is 9.21. The number of rotatable bonds is 6. The summed E-state index contributed by atoms with van der Waals surface area (Å²) in [5.41, 5.74) is 1.59. The predicted octanol–water partition coefficient (Wildman–Crippen LogP) is 6.01. The molecule has 7 heteroatoms. The Kier molecular flexibility index (Phi) is 5.47. The number of hydrogen-bond acceptors (Lipinski definition) is 5. The first-order valence-electron chi connectivity index (χ1n) is 13.3. The van der Waals surface area contributed by atoms with Crippen molar-refractivity contribution in [3.8, 4) is 0 Å². The van der Waals surface area contributed by atoms with E-state index in [9.17, 15) is 24.5 Å². The molecule has 3 aliphatic rings. The van der Waals surface area contributed by atoms with Crippen LogP contribution >= 0.6 is 0 Å². The van der Waals surface area contributed by atoms with Crippen LogP contribution in [0.3, 0.4) is 0 Å². The number of non-ortho nitro benzene ring substituents is 1. The van der Waals surface area contributed by atoms with Gasteiger partial charge in [0.1, 0.15) is 0 Å². The first-order chi connectivity index (χ1) is 18.8. The van der Waals surface area contributed by atoms with Crippen LogP contribution in [0.25, 0.3) is 11.1 Å². The van der Waals surface area contributed by atoms with E-state index in [4.69, 9.17) is 0 Å². The first-order valence-corrected chi connectivity index (χ1v) is 13.3. The van der Waals surface area contributed by atoms with Crippen molar-refractivity contribution < 1.29 is 19.3 Å². The van der Waals surface area contributed by atoms with Crippen molar-refractivity contribution in [2.75, 3.05) is 4.90 Å². The van der Waals surface area contributed by atoms with Gasteiger partial charge in [0.25, 0.3) is 5.69 Å². The Balaban J connectivity index is 1.66. The molecular formula is C32H28N2O5. The van der Waals surface area contributed by atoms with Gasteiger partial charge in [-0.3, -0.25) is 24.5 Å². The number of Topliss-reactive ketones (excluding diaryl/α,β-unsaturated/α-hetero) is 1. The van der Waals surface area contributed by atoms with E-state index in [1.54, 1.807) is 13.0 Å². The normalized spacial score (nSPS) is 27.5. The highest BCUT2D eigenvalue weighted by atomic mass is 16.6. The highest BCUT2D eigenvalue weighted by molar-refractivity contribution is 6.34. The summed E-state index contributed by atoms with van der Waals surface area (Å²) >= 11 is 0. The molecule has 3 aromatic carbocycles. The van der Waals surface area contributed by atoms with Crippen LogP contribution in [0.2, 0.25) is 0 Å². The number of nitrogens with zero attached hydrogens (tertiary/aromatic N) is 2. The van der Waals surface area contributed by atoms with Crippen LogP contribution in [-0.4, -0.2) is 22.5 Å². The molecule has 3 aromatic rings. The Hall–Kier alpha value is -4.39. The molecule has 1 saturated carbocycles. The van der Waals surface area contributed by atoms with Gasteiger partial charge in [-0.15, -0.1) is 0 Å². The zero-order valence-electron chi connectivity index (χ0n) is 22.0.